The molecular formula is C39H52N2. The normalized spacial score (nSPS) is 8.71. The summed E-state index contributed by atoms with van der Waals surface area (Å²) in [6.45, 7) is 18.1. The van der Waals surface area contributed by atoms with Crippen molar-refractivity contribution in [1.82, 2.24) is 0 Å². The highest BCUT2D eigenvalue weighted by Gasteiger charge is 2.07. The summed E-state index contributed by atoms with van der Waals surface area (Å²) in [5, 5.41) is 2.27. The maximum absolute atomic E-state index is 3.42. The summed E-state index contributed by atoms with van der Waals surface area (Å²) in [4.78, 5) is 4.18. The Hall–Kier alpha value is -4.14. The van der Waals surface area contributed by atoms with E-state index in [-0.39, 0.29) is 0 Å². The van der Waals surface area contributed by atoms with Crippen molar-refractivity contribution in [3.05, 3.63) is 107 Å². The predicted octanol–water partition coefficient (Wildman–Crippen LogP) is 10.2. The van der Waals surface area contributed by atoms with Crippen LogP contribution in [0.15, 0.2) is 78.9 Å². The highest BCUT2D eigenvalue weighted by Crippen LogP contribution is 2.25. The van der Waals surface area contributed by atoms with Crippen LogP contribution in [0.3, 0.4) is 0 Å². The van der Waals surface area contributed by atoms with Gasteiger partial charge in [0.15, 0.2) is 0 Å². The van der Waals surface area contributed by atoms with Crippen LogP contribution in [0, 0.1) is 30.6 Å². The molecule has 2 heteroatoms. The van der Waals surface area contributed by atoms with Crippen LogP contribution < -0.4 is 9.80 Å². The topological polar surface area (TPSA) is 6.48 Å². The Morgan fingerprint density at radius 1 is 0.463 bits per heavy atom. The van der Waals surface area contributed by atoms with E-state index in [1.54, 1.807) is 0 Å². The molecule has 0 saturated carbocycles. The molecule has 2 nitrogen and oxygen atoms in total. The van der Waals surface area contributed by atoms with E-state index >= 15 is 0 Å². The minimum absolute atomic E-state index is 1.01. The van der Waals surface area contributed by atoms with E-state index in [1.165, 1.54) is 11.4 Å². The zero-order valence-electron chi connectivity index (χ0n) is 27.9. The number of rotatable bonds is 2. The van der Waals surface area contributed by atoms with Crippen LogP contribution in [0.25, 0.3) is 10.8 Å². The molecule has 0 amide bonds. The van der Waals surface area contributed by atoms with Gasteiger partial charge < -0.3 is 9.80 Å². The first kappa shape index (κ1) is 36.9. The Morgan fingerprint density at radius 2 is 0.854 bits per heavy atom. The minimum Gasteiger partial charge on any atom is -0.378 e. The third-order valence-corrected chi connectivity index (χ3v) is 5.68. The van der Waals surface area contributed by atoms with Gasteiger partial charge in [0.05, 0.1) is 0 Å². The highest BCUT2D eigenvalue weighted by molar-refractivity contribution is 5.94. The highest BCUT2D eigenvalue weighted by atomic mass is 15.1. The molecule has 218 valence electrons. The summed E-state index contributed by atoms with van der Waals surface area (Å²) < 4.78 is 0. The average Bonchev–Trinajstić information content (AvgIpc) is 3.04. The second kappa shape index (κ2) is 20.7. The molecule has 0 aromatic heterocycles. The summed E-state index contributed by atoms with van der Waals surface area (Å²) in [5.74, 6) is 13.5. The fourth-order valence-corrected chi connectivity index (χ4v) is 3.74. The maximum Gasteiger partial charge on any atom is 0.0361 e. The summed E-state index contributed by atoms with van der Waals surface area (Å²) >= 11 is 0. The van der Waals surface area contributed by atoms with E-state index in [0.29, 0.717) is 0 Å². The number of benzene rings is 4. The lowest BCUT2D eigenvalue weighted by Crippen LogP contribution is -2.07. The van der Waals surface area contributed by atoms with Gasteiger partial charge in [-0.3, -0.25) is 0 Å². The van der Waals surface area contributed by atoms with Crippen LogP contribution in [0.4, 0.5) is 11.4 Å². The molecule has 4 rings (SSSR count). The van der Waals surface area contributed by atoms with Crippen LogP contribution in [0.1, 0.15) is 83.2 Å². The molecule has 0 spiro atoms. The number of aryl methyl sites for hydroxylation is 1. The Bertz CT molecular complexity index is 1400. The maximum atomic E-state index is 3.42. The van der Waals surface area contributed by atoms with Crippen LogP contribution in [0.5, 0.6) is 0 Å². The summed E-state index contributed by atoms with van der Waals surface area (Å²) in [6.07, 6.45) is 0. The molecule has 0 aliphatic rings. The molecule has 0 radical (unpaired) electrons. The van der Waals surface area contributed by atoms with Gasteiger partial charge in [-0.25, -0.2) is 0 Å². The van der Waals surface area contributed by atoms with Crippen molar-refractivity contribution >= 4 is 22.1 Å². The molecule has 0 N–H and O–H groups in total. The molecule has 0 atom stereocenters. The van der Waals surface area contributed by atoms with E-state index < -0.39 is 0 Å². The zero-order valence-corrected chi connectivity index (χ0v) is 27.9. The van der Waals surface area contributed by atoms with E-state index in [0.717, 1.165) is 38.6 Å². The van der Waals surface area contributed by atoms with Crippen LogP contribution in [-0.4, -0.2) is 28.2 Å². The molecule has 41 heavy (non-hydrogen) atoms. The summed E-state index contributed by atoms with van der Waals surface area (Å²) in [7, 11) is 8.16. The Morgan fingerprint density at radius 3 is 1.27 bits per heavy atom. The van der Waals surface area contributed by atoms with Gasteiger partial charge in [0.1, 0.15) is 0 Å². The SMILES string of the molecule is CC.CC.CC.CC.Cc1cc(C#Cc2ccc(N(C)C)cc2)c2ccccc2c1C#Cc1ccc(N(C)C)cc1. The van der Waals surface area contributed by atoms with Gasteiger partial charge in [-0.15, -0.1) is 0 Å². The van der Waals surface area contributed by atoms with E-state index in [9.17, 15) is 0 Å². The van der Waals surface area contributed by atoms with Crippen molar-refractivity contribution < 1.29 is 0 Å². The molecule has 0 saturated heterocycles. The quantitative estimate of drug-likeness (QED) is 0.230. The van der Waals surface area contributed by atoms with Crippen molar-refractivity contribution in [3.63, 3.8) is 0 Å². The summed E-state index contributed by atoms with van der Waals surface area (Å²) in [5.41, 5.74) is 7.58. The number of anilines is 2. The van der Waals surface area contributed by atoms with Gasteiger partial charge in [0.2, 0.25) is 0 Å². The lowest BCUT2D eigenvalue weighted by molar-refractivity contribution is 1.13. The molecule has 0 heterocycles. The predicted molar refractivity (Wildman–Crippen MR) is 188 cm³/mol. The van der Waals surface area contributed by atoms with Crippen molar-refractivity contribution in [2.24, 2.45) is 0 Å². The van der Waals surface area contributed by atoms with Crippen LogP contribution in [0.2, 0.25) is 0 Å². The number of hydrogen-bond acceptors (Lipinski definition) is 2. The largest absolute Gasteiger partial charge is 0.378 e. The Kier molecular flexibility index (Phi) is 18.6. The second-order valence-corrected chi connectivity index (χ2v) is 8.54. The van der Waals surface area contributed by atoms with Crippen LogP contribution in [-0.2, 0) is 0 Å². The molecular weight excluding hydrogens is 496 g/mol. The van der Waals surface area contributed by atoms with Gasteiger partial charge in [-0.05, 0) is 77.9 Å². The van der Waals surface area contributed by atoms with Gasteiger partial charge >= 0.3 is 0 Å². The van der Waals surface area contributed by atoms with Crippen molar-refractivity contribution in [2.45, 2.75) is 62.3 Å². The molecule has 0 unspecified atom stereocenters. The standard InChI is InChI=1S/C31H28N2.4C2H6/c1-23-22-26(16-10-24-11-17-27(18-12-24)32(2)3)30-8-6-7-9-31(30)29(23)21-15-25-13-19-28(20-14-25)33(4)5;4*1-2/h6-9,11-14,17-20,22H,1-5H3;4*1-2H3. The molecule has 0 aliphatic heterocycles. The average molecular weight is 549 g/mol. The van der Waals surface area contributed by atoms with E-state index in [1.807, 2.05) is 83.6 Å². The number of nitrogens with zero attached hydrogens (tertiary/aromatic N) is 2. The van der Waals surface area contributed by atoms with Crippen molar-refractivity contribution in [3.8, 4) is 23.7 Å². The molecule has 0 aliphatic carbocycles. The molecule has 0 bridgehead atoms. The second-order valence-electron chi connectivity index (χ2n) is 8.54. The smallest absolute Gasteiger partial charge is 0.0361 e. The first-order valence-electron chi connectivity index (χ1n) is 15.0. The number of hydrogen-bond donors (Lipinski definition) is 0. The molecule has 0 fully saturated rings. The first-order valence-corrected chi connectivity index (χ1v) is 15.0. The number of fused-ring (bicyclic) bond motifs is 1. The third-order valence-electron chi connectivity index (χ3n) is 5.68. The van der Waals surface area contributed by atoms with E-state index in [4.69, 9.17) is 0 Å². The van der Waals surface area contributed by atoms with Crippen LogP contribution >= 0.6 is 0 Å². The van der Waals surface area contributed by atoms with Gasteiger partial charge in [0, 0.05) is 61.8 Å². The lowest BCUT2D eigenvalue weighted by atomic mass is 9.95. The van der Waals surface area contributed by atoms with Crippen molar-refractivity contribution in [1.29, 1.82) is 0 Å². The fourth-order valence-electron chi connectivity index (χ4n) is 3.74. The van der Waals surface area contributed by atoms with E-state index in [2.05, 4.69) is 119 Å². The van der Waals surface area contributed by atoms with Gasteiger partial charge in [-0.1, -0.05) is 103 Å². The Labute approximate surface area is 252 Å². The monoisotopic (exact) mass is 548 g/mol. The molecule has 4 aromatic rings. The fraction of sp³-hybridized carbons (Fsp3) is 0.333. The lowest BCUT2D eigenvalue weighted by Gasteiger charge is -2.11. The van der Waals surface area contributed by atoms with Gasteiger partial charge in [0.25, 0.3) is 0 Å². The van der Waals surface area contributed by atoms with Crippen molar-refractivity contribution in [2.75, 3.05) is 38.0 Å². The Balaban J connectivity index is 0.00000184. The third kappa shape index (κ3) is 11.1. The summed E-state index contributed by atoms with van der Waals surface area (Å²) in [6, 6.07) is 27.2. The van der Waals surface area contributed by atoms with Gasteiger partial charge in [-0.2, -0.15) is 0 Å². The molecule has 4 aromatic carbocycles. The zero-order chi connectivity index (χ0) is 31.4. The minimum atomic E-state index is 1.01. The first-order chi connectivity index (χ1) is 19.9.